The van der Waals surface area contributed by atoms with Crippen LogP contribution in [0.5, 0.6) is 11.5 Å². The van der Waals surface area contributed by atoms with Gasteiger partial charge < -0.3 is 24.7 Å². The molecule has 0 bridgehead atoms. The number of urea groups is 1. The van der Waals surface area contributed by atoms with Crippen molar-refractivity contribution in [2.75, 3.05) is 32.8 Å². The molecular weight excluding hydrogens is 440 g/mol. The first-order valence-electron chi connectivity index (χ1n) is 11.4. The molecule has 0 spiro atoms. The summed E-state index contributed by atoms with van der Waals surface area (Å²) in [4.78, 5) is 56.9. The van der Waals surface area contributed by atoms with Crippen molar-refractivity contribution >= 4 is 23.6 Å². The van der Waals surface area contributed by atoms with E-state index in [4.69, 9.17) is 9.47 Å². The van der Waals surface area contributed by atoms with E-state index in [2.05, 4.69) is 10.3 Å². The Bertz CT molecular complexity index is 1170. The quantitative estimate of drug-likeness (QED) is 0.514. The van der Waals surface area contributed by atoms with E-state index < -0.39 is 29.8 Å². The molecule has 4 heterocycles. The molecule has 1 aromatic heterocycles. The van der Waals surface area contributed by atoms with Crippen LogP contribution in [0.1, 0.15) is 52.6 Å². The standard InChI is InChI=1S/C24H26N4O6/c1-24(16-5-6-19-20(12-16)34-10-4-9-33-19)22(31)28(23(32)26-24)14-18(29)15-11-17(25-13-15)21(30)27-7-2-3-8-27/h5-6,11-13,25H,2-4,7-10,14H2,1H3,(H,26,32)/t24-/m1/s1. The van der Waals surface area contributed by atoms with E-state index in [-0.39, 0.29) is 11.5 Å². The Kier molecular flexibility index (Phi) is 5.51. The summed E-state index contributed by atoms with van der Waals surface area (Å²) in [7, 11) is 0. The van der Waals surface area contributed by atoms with Gasteiger partial charge in [0, 0.05) is 31.3 Å². The van der Waals surface area contributed by atoms with Crippen molar-refractivity contribution < 1.29 is 28.7 Å². The maximum absolute atomic E-state index is 13.3. The first kappa shape index (κ1) is 22.0. The van der Waals surface area contributed by atoms with Gasteiger partial charge in [0.15, 0.2) is 17.3 Å². The molecular formula is C24H26N4O6. The molecule has 0 aliphatic carbocycles. The van der Waals surface area contributed by atoms with E-state index in [1.54, 1.807) is 30.0 Å². The summed E-state index contributed by atoms with van der Waals surface area (Å²) in [5.41, 5.74) is -0.256. The fraction of sp³-hybridized carbons (Fsp3) is 0.417. The number of H-pyrrole nitrogens is 1. The lowest BCUT2D eigenvalue weighted by atomic mass is 9.91. The Morgan fingerprint density at radius 3 is 2.53 bits per heavy atom. The molecule has 10 heteroatoms. The molecule has 34 heavy (non-hydrogen) atoms. The zero-order valence-corrected chi connectivity index (χ0v) is 18.9. The maximum atomic E-state index is 13.3. The predicted octanol–water partition coefficient (Wildman–Crippen LogP) is 2.06. The molecule has 3 aliphatic heterocycles. The Morgan fingerprint density at radius 2 is 1.76 bits per heavy atom. The number of nitrogens with zero attached hydrogens (tertiary/aromatic N) is 2. The second-order valence-electron chi connectivity index (χ2n) is 8.88. The van der Waals surface area contributed by atoms with Crippen molar-refractivity contribution in [2.45, 2.75) is 31.7 Å². The average Bonchev–Trinajstić information content (AvgIpc) is 3.54. The Hall–Kier alpha value is -3.82. The number of ketones is 1. The van der Waals surface area contributed by atoms with Crippen LogP contribution in [0.3, 0.4) is 0 Å². The van der Waals surface area contributed by atoms with E-state index in [1.807, 2.05) is 0 Å². The molecule has 0 radical (unpaired) electrons. The van der Waals surface area contributed by atoms with E-state index in [1.165, 1.54) is 12.3 Å². The van der Waals surface area contributed by atoms with Crippen LogP contribution in [-0.2, 0) is 10.3 Å². The van der Waals surface area contributed by atoms with Crippen molar-refractivity contribution in [1.82, 2.24) is 20.1 Å². The normalized spacial score (nSPS) is 22.0. The number of imide groups is 1. The number of Topliss-reactive ketones (excluding diaryl/α,β-unsaturated/α-hetero) is 1. The minimum atomic E-state index is -1.35. The van der Waals surface area contributed by atoms with Crippen LogP contribution >= 0.6 is 0 Å². The monoisotopic (exact) mass is 466 g/mol. The highest BCUT2D eigenvalue weighted by atomic mass is 16.5. The Morgan fingerprint density at radius 1 is 1.03 bits per heavy atom. The van der Waals surface area contributed by atoms with Gasteiger partial charge in [-0.15, -0.1) is 0 Å². The number of amides is 4. The fourth-order valence-corrected chi connectivity index (χ4v) is 4.51. The van der Waals surface area contributed by atoms with Gasteiger partial charge in [-0.3, -0.25) is 19.3 Å². The number of fused-ring (bicyclic) bond motifs is 1. The van der Waals surface area contributed by atoms with Gasteiger partial charge in [-0.25, -0.2) is 4.79 Å². The number of rotatable bonds is 5. The highest BCUT2D eigenvalue weighted by Crippen LogP contribution is 2.36. The maximum Gasteiger partial charge on any atom is 0.325 e. The summed E-state index contributed by atoms with van der Waals surface area (Å²) in [5, 5.41) is 2.71. The van der Waals surface area contributed by atoms with E-state index in [9.17, 15) is 19.2 Å². The van der Waals surface area contributed by atoms with Gasteiger partial charge in [-0.2, -0.15) is 0 Å². The second kappa shape index (κ2) is 8.51. The smallest absolute Gasteiger partial charge is 0.325 e. The van der Waals surface area contributed by atoms with E-state index in [0.29, 0.717) is 49.1 Å². The molecule has 1 aromatic carbocycles. The van der Waals surface area contributed by atoms with Crippen LogP contribution in [0.4, 0.5) is 4.79 Å². The van der Waals surface area contributed by atoms with Crippen molar-refractivity contribution in [3.05, 3.63) is 47.3 Å². The van der Waals surface area contributed by atoms with E-state index >= 15 is 0 Å². The third kappa shape index (κ3) is 3.78. The number of carbonyl (C=O) groups is 4. The Labute approximate surface area is 196 Å². The van der Waals surface area contributed by atoms with Crippen LogP contribution in [0, 0.1) is 0 Å². The molecule has 0 unspecified atom stereocenters. The number of carbonyl (C=O) groups excluding carboxylic acids is 4. The summed E-state index contributed by atoms with van der Waals surface area (Å²) in [6.45, 7) is 3.59. The van der Waals surface area contributed by atoms with Crippen LogP contribution < -0.4 is 14.8 Å². The zero-order chi connectivity index (χ0) is 23.9. The molecule has 1 atom stereocenters. The third-order valence-corrected chi connectivity index (χ3v) is 6.53. The van der Waals surface area contributed by atoms with Crippen LogP contribution in [-0.4, -0.2) is 71.3 Å². The number of likely N-dealkylation sites (tertiary alicyclic amines) is 1. The number of hydrogen-bond donors (Lipinski definition) is 2. The average molecular weight is 466 g/mol. The number of ether oxygens (including phenoxy) is 2. The van der Waals surface area contributed by atoms with Gasteiger partial charge in [0.05, 0.1) is 19.8 Å². The number of hydrogen-bond acceptors (Lipinski definition) is 6. The molecule has 4 amide bonds. The Balaban J connectivity index is 1.31. The second-order valence-corrected chi connectivity index (χ2v) is 8.88. The molecule has 0 saturated carbocycles. The predicted molar refractivity (Wildman–Crippen MR) is 120 cm³/mol. The van der Waals surface area contributed by atoms with Gasteiger partial charge in [-0.05, 0) is 43.5 Å². The van der Waals surface area contributed by atoms with Gasteiger partial charge in [0.2, 0.25) is 0 Å². The molecule has 5 rings (SSSR count). The lowest BCUT2D eigenvalue weighted by molar-refractivity contribution is -0.130. The summed E-state index contributed by atoms with van der Waals surface area (Å²) < 4.78 is 11.4. The van der Waals surface area contributed by atoms with Gasteiger partial charge >= 0.3 is 6.03 Å². The molecule has 178 valence electrons. The lowest BCUT2D eigenvalue weighted by Crippen LogP contribution is -2.41. The van der Waals surface area contributed by atoms with Crippen molar-refractivity contribution in [3.8, 4) is 11.5 Å². The minimum Gasteiger partial charge on any atom is -0.490 e. The molecule has 10 nitrogen and oxygen atoms in total. The van der Waals surface area contributed by atoms with Crippen molar-refractivity contribution in [2.24, 2.45) is 0 Å². The molecule has 2 fully saturated rings. The van der Waals surface area contributed by atoms with Gasteiger partial charge in [0.25, 0.3) is 11.8 Å². The molecule has 3 aliphatic rings. The van der Waals surface area contributed by atoms with Crippen molar-refractivity contribution in [3.63, 3.8) is 0 Å². The number of aromatic amines is 1. The third-order valence-electron chi connectivity index (χ3n) is 6.53. The first-order valence-corrected chi connectivity index (χ1v) is 11.4. The molecule has 2 saturated heterocycles. The highest BCUT2D eigenvalue weighted by molar-refractivity contribution is 6.11. The summed E-state index contributed by atoms with van der Waals surface area (Å²) in [6.07, 6.45) is 4.11. The lowest BCUT2D eigenvalue weighted by Gasteiger charge is -2.23. The number of aromatic nitrogens is 1. The summed E-state index contributed by atoms with van der Waals surface area (Å²) in [5.74, 6) is -0.0448. The van der Waals surface area contributed by atoms with Crippen molar-refractivity contribution in [1.29, 1.82) is 0 Å². The van der Waals surface area contributed by atoms with Gasteiger partial charge in [-0.1, -0.05) is 6.07 Å². The van der Waals surface area contributed by atoms with Gasteiger partial charge in [0.1, 0.15) is 11.2 Å². The summed E-state index contributed by atoms with van der Waals surface area (Å²) >= 11 is 0. The largest absolute Gasteiger partial charge is 0.490 e. The van der Waals surface area contributed by atoms with Crippen LogP contribution in [0.25, 0.3) is 0 Å². The highest BCUT2D eigenvalue weighted by Gasteiger charge is 2.49. The topological polar surface area (TPSA) is 121 Å². The van der Waals surface area contributed by atoms with Crippen LogP contribution in [0.15, 0.2) is 30.5 Å². The number of nitrogens with one attached hydrogen (secondary N) is 2. The SMILES string of the molecule is C[C@]1(c2ccc3c(c2)OCCCO3)NC(=O)N(CC(=O)c2c[nH]c(C(=O)N3CCCC3)c2)C1=O. The minimum absolute atomic E-state index is 0.159. The molecule has 2 aromatic rings. The first-order chi connectivity index (χ1) is 16.4. The number of benzene rings is 1. The zero-order valence-electron chi connectivity index (χ0n) is 18.9. The molecule has 2 N–H and O–H groups in total. The summed E-state index contributed by atoms with van der Waals surface area (Å²) in [6, 6.07) is 5.93. The van der Waals surface area contributed by atoms with Crippen LogP contribution in [0.2, 0.25) is 0 Å². The fourth-order valence-electron chi connectivity index (χ4n) is 4.51. The van der Waals surface area contributed by atoms with E-state index in [0.717, 1.165) is 24.2 Å².